The van der Waals surface area contributed by atoms with Crippen molar-refractivity contribution >= 4 is 5.91 Å². The fourth-order valence-electron chi connectivity index (χ4n) is 12.1. The molecule has 0 bridgehead atoms. The van der Waals surface area contributed by atoms with E-state index in [2.05, 4.69) is 19.2 Å². The first-order valence-corrected chi connectivity index (χ1v) is 34.3. The van der Waals surface area contributed by atoms with Gasteiger partial charge in [0.2, 0.25) is 5.91 Å². The highest BCUT2D eigenvalue weighted by molar-refractivity contribution is 5.76. The van der Waals surface area contributed by atoms with Gasteiger partial charge in [0, 0.05) is 6.42 Å². The van der Waals surface area contributed by atoms with E-state index >= 15 is 0 Å². The molecule has 17 atom stereocenters. The molecule has 3 aliphatic rings. The van der Waals surface area contributed by atoms with Crippen LogP contribution in [0.25, 0.3) is 0 Å². The lowest BCUT2D eigenvalue weighted by Gasteiger charge is -2.48. The Morgan fingerprint density at radius 1 is 0.381 bits per heavy atom. The third kappa shape index (κ3) is 31.0. The Bertz CT molecular complexity index is 1540. The summed E-state index contributed by atoms with van der Waals surface area (Å²) in [6.07, 6.45) is 23.6. The number of aliphatic hydroxyl groups is 11. The summed E-state index contributed by atoms with van der Waals surface area (Å²) >= 11 is 0. The standard InChI is InChI=1S/C65H125NO18/c1-3-5-7-9-11-13-15-16-17-18-19-20-21-22-23-24-25-26-27-28-29-30-31-32-33-34-36-38-40-42-49(70)48(66-53(71)43-41-39-37-35-14-12-10-8-6-4-2)47-79-63-59(77)56(74)61(51(45-68)81-63)84-65-60(78)57(75)62(52(46-69)82-65)83-64-58(76)55(73)54(72)50(44-67)80-64/h48-52,54-65,67-70,72-78H,3-47H2,1-2H3,(H,66,71). The summed E-state index contributed by atoms with van der Waals surface area (Å²) in [4.78, 5) is 13.3. The van der Waals surface area contributed by atoms with Crippen LogP contribution >= 0.6 is 0 Å². The molecule has 1 amide bonds. The molecule has 12 N–H and O–H groups in total. The molecule has 0 aromatic rings. The van der Waals surface area contributed by atoms with Gasteiger partial charge in [0.1, 0.15) is 73.2 Å². The zero-order valence-corrected chi connectivity index (χ0v) is 52.4. The van der Waals surface area contributed by atoms with Gasteiger partial charge in [-0.3, -0.25) is 4.79 Å². The van der Waals surface area contributed by atoms with E-state index in [4.69, 9.17) is 28.4 Å². The van der Waals surface area contributed by atoms with Gasteiger partial charge in [0.05, 0.1) is 38.6 Å². The fraction of sp³-hybridized carbons (Fsp3) is 0.985. The number of carbonyl (C=O) groups is 1. The van der Waals surface area contributed by atoms with E-state index in [0.29, 0.717) is 12.8 Å². The van der Waals surface area contributed by atoms with E-state index in [-0.39, 0.29) is 18.9 Å². The predicted molar refractivity (Wildman–Crippen MR) is 324 cm³/mol. The molecule has 0 spiro atoms. The van der Waals surface area contributed by atoms with Crippen molar-refractivity contribution in [3.8, 4) is 0 Å². The van der Waals surface area contributed by atoms with Gasteiger partial charge in [-0.2, -0.15) is 0 Å². The van der Waals surface area contributed by atoms with Crippen LogP contribution in [0.4, 0.5) is 0 Å². The molecule has 498 valence electrons. The molecule has 0 aromatic heterocycles. The number of carbonyl (C=O) groups excluding carboxylic acids is 1. The third-order valence-corrected chi connectivity index (χ3v) is 17.7. The van der Waals surface area contributed by atoms with Gasteiger partial charge in [-0.25, -0.2) is 0 Å². The number of hydrogen-bond donors (Lipinski definition) is 12. The zero-order valence-electron chi connectivity index (χ0n) is 52.4. The highest BCUT2D eigenvalue weighted by Crippen LogP contribution is 2.33. The number of rotatable bonds is 53. The van der Waals surface area contributed by atoms with Crippen LogP contribution in [0.3, 0.4) is 0 Å². The van der Waals surface area contributed by atoms with Crippen molar-refractivity contribution in [2.45, 2.75) is 381 Å². The quantitative estimate of drug-likeness (QED) is 0.0255. The monoisotopic (exact) mass is 1210 g/mol. The second-order valence-corrected chi connectivity index (χ2v) is 25.0. The van der Waals surface area contributed by atoms with Crippen LogP contribution in [-0.4, -0.2) is 193 Å². The van der Waals surface area contributed by atoms with E-state index in [1.54, 1.807) is 0 Å². The zero-order chi connectivity index (χ0) is 61.2. The Labute approximate surface area is 506 Å². The summed E-state index contributed by atoms with van der Waals surface area (Å²) in [5.74, 6) is -0.241. The molecule has 3 aliphatic heterocycles. The number of unbranched alkanes of at least 4 members (excludes halogenated alkanes) is 37. The summed E-state index contributed by atoms with van der Waals surface area (Å²) in [6.45, 7) is 1.80. The first-order valence-electron chi connectivity index (χ1n) is 34.3. The van der Waals surface area contributed by atoms with Gasteiger partial charge in [-0.1, -0.05) is 258 Å². The second kappa shape index (κ2) is 48.6. The minimum absolute atomic E-state index is 0.241. The largest absolute Gasteiger partial charge is 0.394 e. The van der Waals surface area contributed by atoms with Crippen LogP contribution in [0.15, 0.2) is 0 Å². The molecule has 3 saturated heterocycles. The van der Waals surface area contributed by atoms with Crippen LogP contribution in [0.2, 0.25) is 0 Å². The van der Waals surface area contributed by atoms with Gasteiger partial charge >= 0.3 is 0 Å². The van der Waals surface area contributed by atoms with Gasteiger partial charge in [0.15, 0.2) is 18.9 Å². The molecule has 17 unspecified atom stereocenters. The van der Waals surface area contributed by atoms with Gasteiger partial charge < -0.3 is 89.9 Å². The highest BCUT2D eigenvalue weighted by atomic mass is 16.8. The van der Waals surface area contributed by atoms with Gasteiger partial charge in [-0.15, -0.1) is 0 Å². The topological polar surface area (TPSA) is 307 Å². The molecular formula is C65H125NO18. The molecule has 84 heavy (non-hydrogen) atoms. The molecule has 0 aromatic carbocycles. The van der Waals surface area contributed by atoms with Crippen LogP contribution in [0.5, 0.6) is 0 Å². The highest BCUT2D eigenvalue weighted by Gasteiger charge is 2.53. The van der Waals surface area contributed by atoms with Crippen molar-refractivity contribution in [1.29, 1.82) is 0 Å². The minimum atomic E-state index is -1.97. The minimum Gasteiger partial charge on any atom is -0.394 e. The molecule has 19 heteroatoms. The third-order valence-electron chi connectivity index (χ3n) is 17.7. The average molecular weight is 1210 g/mol. The first-order chi connectivity index (χ1) is 40.8. The lowest BCUT2D eigenvalue weighted by Crippen LogP contribution is -2.66. The molecule has 3 rings (SSSR count). The number of aliphatic hydroxyl groups excluding tert-OH is 11. The summed E-state index contributed by atoms with van der Waals surface area (Å²) in [6, 6.07) is -0.880. The predicted octanol–water partition coefficient (Wildman–Crippen LogP) is 8.33. The second-order valence-electron chi connectivity index (χ2n) is 25.0. The molecule has 0 aliphatic carbocycles. The summed E-state index contributed by atoms with van der Waals surface area (Å²) < 4.78 is 34.3. The molecule has 0 radical (unpaired) electrons. The van der Waals surface area contributed by atoms with E-state index in [1.165, 1.54) is 199 Å². The summed E-state index contributed by atoms with van der Waals surface area (Å²) in [7, 11) is 0. The summed E-state index contributed by atoms with van der Waals surface area (Å²) in [5.41, 5.74) is 0. The van der Waals surface area contributed by atoms with E-state index in [0.717, 1.165) is 44.9 Å². The molecular weight excluding hydrogens is 1080 g/mol. The van der Waals surface area contributed by atoms with Crippen LogP contribution in [0.1, 0.15) is 277 Å². The summed E-state index contributed by atoms with van der Waals surface area (Å²) in [5, 5.41) is 120. The lowest BCUT2D eigenvalue weighted by molar-refractivity contribution is -0.379. The number of ether oxygens (including phenoxy) is 6. The smallest absolute Gasteiger partial charge is 0.220 e. The maximum Gasteiger partial charge on any atom is 0.220 e. The van der Waals surface area contributed by atoms with Crippen molar-refractivity contribution in [2.24, 2.45) is 0 Å². The van der Waals surface area contributed by atoms with Crippen molar-refractivity contribution in [2.75, 3.05) is 26.4 Å². The first kappa shape index (κ1) is 77.0. The Morgan fingerprint density at radius 3 is 1.04 bits per heavy atom. The Kier molecular flexibility index (Phi) is 44.6. The molecule has 19 nitrogen and oxygen atoms in total. The van der Waals surface area contributed by atoms with E-state index in [9.17, 15) is 61.0 Å². The lowest BCUT2D eigenvalue weighted by atomic mass is 9.96. The average Bonchev–Trinajstić information content (AvgIpc) is 3.63. The number of nitrogens with one attached hydrogen (secondary N) is 1. The number of hydrogen-bond acceptors (Lipinski definition) is 18. The van der Waals surface area contributed by atoms with Crippen molar-refractivity contribution in [3.63, 3.8) is 0 Å². The maximum absolute atomic E-state index is 13.3. The van der Waals surface area contributed by atoms with Crippen molar-refractivity contribution < 1.29 is 89.4 Å². The Morgan fingerprint density at radius 2 is 0.679 bits per heavy atom. The van der Waals surface area contributed by atoms with E-state index in [1.807, 2.05) is 0 Å². The SMILES string of the molecule is CCCCCCCCCCCCCCCCCCCCCCCCCCCCCCCC(O)C(COC1OC(CO)C(OC2OC(CO)C(OC3OC(CO)C(O)C(O)C3O)C(O)C2O)C(O)C1O)NC(=O)CCCCCCCCCCCC. The molecule has 0 saturated carbocycles. The number of amides is 1. The normalized spacial score (nSPS) is 29.1. The molecule has 3 fully saturated rings. The Hall–Kier alpha value is -1.21. The van der Waals surface area contributed by atoms with Crippen LogP contribution in [0, 0.1) is 0 Å². The fourth-order valence-corrected chi connectivity index (χ4v) is 12.1. The molecule has 3 heterocycles. The van der Waals surface area contributed by atoms with Crippen molar-refractivity contribution in [1.82, 2.24) is 5.32 Å². The maximum atomic E-state index is 13.3. The van der Waals surface area contributed by atoms with Gasteiger partial charge in [0.25, 0.3) is 0 Å². The van der Waals surface area contributed by atoms with E-state index < -0.39 is 124 Å². The van der Waals surface area contributed by atoms with Gasteiger partial charge in [-0.05, 0) is 12.8 Å². The van der Waals surface area contributed by atoms with Crippen molar-refractivity contribution in [3.05, 3.63) is 0 Å². The van der Waals surface area contributed by atoms with Crippen LogP contribution in [-0.2, 0) is 33.2 Å². The van der Waals surface area contributed by atoms with Crippen LogP contribution < -0.4 is 5.32 Å². The Balaban J connectivity index is 1.36.